The number of hydrogen-bond donors (Lipinski definition) is 2. The summed E-state index contributed by atoms with van der Waals surface area (Å²) in [5, 5.41) is 3.84. The molecule has 8 heteroatoms. The molecule has 1 fully saturated rings. The predicted octanol–water partition coefficient (Wildman–Crippen LogP) is 0.948. The van der Waals surface area contributed by atoms with Gasteiger partial charge >= 0.3 is 0 Å². The number of amides is 2. The lowest BCUT2D eigenvalue weighted by Crippen LogP contribution is -2.31. The fourth-order valence-corrected chi connectivity index (χ4v) is 2.65. The van der Waals surface area contributed by atoms with Crippen molar-refractivity contribution >= 4 is 22.6 Å². The molecule has 1 aromatic carbocycles. The molecule has 0 bridgehead atoms. The molecule has 0 aliphatic carbocycles. The van der Waals surface area contributed by atoms with Gasteiger partial charge in [0.2, 0.25) is 5.88 Å². The topological polar surface area (TPSA) is 104 Å². The molecule has 1 aromatic heterocycles. The number of methoxy groups -OCH3 is 1. The predicted molar refractivity (Wildman–Crippen MR) is 83.8 cm³/mol. The minimum Gasteiger partial charge on any atom is -0.496 e. The Morgan fingerprint density at radius 3 is 2.92 bits per heavy atom. The summed E-state index contributed by atoms with van der Waals surface area (Å²) >= 11 is 0. The van der Waals surface area contributed by atoms with Crippen molar-refractivity contribution in [1.82, 2.24) is 10.3 Å². The zero-order chi connectivity index (χ0) is 17.3. The Hall–Kier alpha value is -2.90. The second-order valence-corrected chi connectivity index (χ2v) is 5.47. The smallest absolute Gasteiger partial charge is 0.254 e. The lowest BCUT2D eigenvalue weighted by atomic mass is 10.1. The van der Waals surface area contributed by atoms with Crippen molar-refractivity contribution in [3.05, 3.63) is 30.0 Å². The van der Waals surface area contributed by atoms with E-state index in [1.807, 2.05) is 0 Å². The van der Waals surface area contributed by atoms with E-state index in [0.717, 1.165) is 0 Å². The van der Waals surface area contributed by atoms with Gasteiger partial charge in [-0.3, -0.25) is 9.59 Å². The first-order chi connectivity index (χ1) is 11.5. The molecule has 2 aromatic rings. The van der Waals surface area contributed by atoms with Gasteiger partial charge in [0.1, 0.15) is 12.4 Å². The minimum atomic E-state index is -1.50. The molecule has 0 radical (unpaired) electrons. The molecule has 7 nitrogen and oxygen atoms in total. The Morgan fingerprint density at radius 1 is 1.50 bits per heavy atom. The molecule has 2 amide bonds. The van der Waals surface area contributed by atoms with E-state index in [4.69, 9.17) is 15.2 Å². The number of fused-ring (bicyclic) bond motifs is 1. The normalized spacial score (nSPS) is 20.0. The number of nitrogens with one attached hydrogen (secondary N) is 1. The van der Waals surface area contributed by atoms with Crippen LogP contribution in [0, 0.1) is 0 Å². The highest BCUT2D eigenvalue weighted by molar-refractivity contribution is 6.01. The number of primary amides is 1. The first kappa shape index (κ1) is 16.0. The number of pyridine rings is 1. The molecule has 0 saturated carbocycles. The number of hydrogen-bond acceptors (Lipinski definition) is 5. The molecule has 3 N–H and O–H groups in total. The number of aromatic nitrogens is 1. The van der Waals surface area contributed by atoms with E-state index in [2.05, 4.69) is 10.3 Å². The molecule has 3 rings (SSSR count). The van der Waals surface area contributed by atoms with Crippen LogP contribution in [-0.2, 0) is 4.79 Å². The van der Waals surface area contributed by atoms with Crippen LogP contribution < -0.4 is 20.5 Å². The van der Waals surface area contributed by atoms with Gasteiger partial charge in [-0.25, -0.2) is 9.37 Å². The number of benzene rings is 1. The SMILES string of the molecule is COc1cc2c(OC[C@H]3C[C@@H](F)C(=O)N3)nccc2cc1C(N)=O. The number of nitrogens with two attached hydrogens (primary N) is 1. The van der Waals surface area contributed by atoms with Gasteiger partial charge in [0.05, 0.1) is 18.7 Å². The van der Waals surface area contributed by atoms with E-state index in [-0.39, 0.29) is 18.6 Å². The Bertz CT molecular complexity index is 811. The van der Waals surface area contributed by atoms with Crippen LogP contribution in [0.25, 0.3) is 10.8 Å². The summed E-state index contributed by atoms with van der Waals surface area (Å²) in [5.74, 6) is -0.609. The monoisotopic (exact) mass is 333 g/mol. The van der Waals surface area contributed by atoms with Crippen molar-refractivity contribution in [2.45, 2.75) is 18.6 Å². The first-order valence-electron chi connectivity index (χ1n) is 7.33. The maximum atomic E-state index is 13.2. The number of ether oxygens (including phenoxy) is 2. The molecule has 1 aliphatic heterocycles. The van der Waals surface area contributed by atoms with Crippen LogP contribution in [0.1, 0.15) is 16.8 Å². The van der Waals surface area contributed by atoms with Crippen LogP contribution in [0.4, 0.5) is 4.39 Å². The van der Waals surface area contributed by atoms with Crippen LogP contribution in [0.5, 0.6) is 11.6 Å². The number of rotatable bonds is 5. The van der Waals surface area contributed by atoms with Crippen molar-refractivity contribution in [3.8, 4) is 11.6 Å². The van der Waals surface area contributed by atoms with Gasteiger partial charge < -0.3 is 20.5 Å². The third-order valence-electron chi connectivity index (χ3n) is 3.86. The Morgan fingerprint density at radius 2 is 2.29 bits per heavy atom. The standard InChI is InChI=1S/C16H16FN3O4/c1-23-13-6-10-8(4-11(13)14(18)21)2-3-19-16(10)24-7-9-5-12(17)15(22)20-9/h2-4,6,9,12H,5,7H2,1H3,(H2,18,21)(H,20,22)/t9-,12-/m1/s1. The van der Waals surface area contributed by atoms with Crippen LogP contribution in [0.3, 0.4) is 0 Å². The molecule has 24 heavy (non-hydrogen) atoms. The quantitative estimate of drug-likeness (QED) is 0.848. The highest BCUT2D eigenvalue weighted by Gasteiger charge is 2.32. The van der Waals surface area contributed by atoms with Gasteiger partial charge in [-0.15, -0.1) is 0 Å². The fraction of sp³-hybridized carbons (Fsp3) is 0.312. The van der Waals surface area contributed by atoms with Crippen LogP contribution in [0.2, 0.25) is 0 Å². The first-order valence-corrected chi connectivity index (χ1v) is 7.33. The van der Waals surface area contributed by atoms with Crippen molar-refractivity contribution < 1.29 is 23.5 Å². The highest BCUT2D eigenvalue weighted by atomic mass is 19.1. The van der Waals surface area contributed by atoms with Gasteiger partial charge in [0, 0.05) is 18.0 Å². The Labute approximate surface area is 136 Å². The summed E-state index contributed by atoms with van der Waals surface area (Å²) < 4.78 is 24.0. The summed E-state index contributed by atoms with van der Waals surface area (Å²) in [6, 6.07) is 4.52. The zero-order valence-corrected chi connectivity index (χ0v) is 12.9. The summed E-state index contributed by atoms with van der Waals surface area (Å²) in [6.45, 7) is 0.0954. The van der Waals surface area contributed by atoms with E-state index < -0.39 is 24.0 Å². The average Bonchev–Trinajstić information content (AvgIpc) is 2.89. The number of nitrogens with zero attached hydrogens (tertiary/aromatic N) is 1. The van der Waals surface area contributed by atoms with Crippen LogP contribution in [0.15, 0.2) is 24.4 Å². The molecule has 2 atom stereocenters. The van der Waals surface area contributed by atoms with Crippen molar-refractivity contribution in [2.75, 3.05) is 13.7 Å². The van der Waals surface area contributed by atoms with Gasteiger partial charge in [-0.2, -0.15) is 0 Å². The van der Waals surface area contributed by atoms with Gasteiger partial charge in [-0.1, -0.05) is 0 Å². The molecular weight excluding hydrogens is 317 g/mol. The van der Waals surface area contributed by atoms with E-state index in [1.54, 1.807) is 18.2 Å². The lowest BCUT2D eigenvalue weighted by molar-refractivity contribution is -0.123. The lowest BCUT2D eigenvalue weighted by Gasteiger charge is -2.14. The summed E-state index contributed by atoms with van der Waals surface area (Å²) in [6.07, 6.45) is 0.0936. The number of halogens is 1. The maximum Gasteiger partial charge on any atom is 0.254 e. The number of carbonyl (C=O) groups is 2. The van der Waals surface area contributed by atoms with Gasteiger partial charge in [0.25, 0.3) is 11.8 Å². The van der Waals surface area contributed by atoms with Gasteiger partial charge in [0.15, 0.2) is 6.17 Å². The third kappa shape index (κ3) is 2.94. The highest BCUT2D eigenvalue weighted by Crippen LogP contribution is 2.30. The summed E-state index contributed by atoms with van der Waals surface area (Å²) in [7, 11) is 1.43. The molecule has 1 saturated heterocycles. The fourth-order valence-electron chi connectivity index (χ4n) is 2.65. The zero-order valence-electron chi connectivity index (χ0n) is 12.9. The Kier molecular flexibility index (Phi) is 4.20. The van der Waals surface area contributed by atoms with Crippen LogP contribution >= 0.6 is 0 Å². The largest absolute Gasteiger partial charge is 0.496 e. The van der Waals surface area contributed by atoms with Crippen molar-refractivity contribution in [1.29, 1.82) is 0 Å². The summed E-state index contributed by atoms with van der Waals surface area (Å²) in [4.78, 5) is 26.8. The molecule has 0 spiro atoms. The number of alkyl halides is 1. The van der Waals surface area contributed by atoms with Crippen molar-refractivity contribution in [3.63, 3.8) is 0 Å². The maximum absolute atomic E-state index is 13.2. The van der Waals surface area contributed by atoms with E-state index in [0.29, 0.717) is 22.4 Å². The average molecular weight is 333 g/mol. The molecule has 1 aliphatic rings. The van der Waals surface area contributed by atoms with E-state index in [9.17, 15) is 14.0 Å². The second-order valence-electron chi connectivity index (χ2n) is 5.47. The van der Waals surface area contributed by atoms with Gasteiger partial charge in [-0.05, 0) is 23.6 Å². The van der Waals surface area contributed by atoms with Crippen LogP contribution in [-0.4, -0.2) is 42.7 Å². The minimum absolute atomic E-state index is 0.0682. The van der Waals surface area contributed by atoms with E-state index in [1.165, 1.54) is 13.3 Å². The molecule has 0 unspecified atom stereocenters. The summed E-state index contributed by atoms with van der Waals surface area (Å²) in [5.41, 5.74) is 5.60. The molecule has 126 valence electrons. The molecule has 2 heterocycles. The second kappa shape index (κ2) is 6.31. The van der Waals surface area contributed by atoms with Crippen molar-refractivity contribution in [2.24, 2.45) is 5.73 Å². The Balaban J connectivity index is 1.88. The van der Waals surface area contributed by atoms with E-state index >= 15 is 0 Å². The number of carbonyl (C=O) groups excluding carboxylic acids is 2. The molecular formula is C16H16FN3O4. The third-order valence-corrected chi connectivity index (χ3v) is 3.86.